The zero-order valence-electron chi connectivity index (χ0n) is 9.37. The molecule has 14 heavy (non-hydrogen) atoms. The first-order valence-electron chi connectivity index (χ1n) is 4.79. The Morgan fingerprint density at radius 2 is 1.86 bits per heavy atom. The van der Waals surface area contributed by atoms with Crippen LogP contribution in [0, 0.1) is 5.92 Å². The molecule has 0 saturated heterocycles. The van der Waals surface area contributed by atoms with Gasteiger partial charge < -0.3 is 9.84 Å². The third-order valence-electron chi connectivity index (χ3n) is 1.72. The predicted octanol–water partition coefficient (Wildman–Crippen LogP) is 2.08. The first kappa shape index (κ1) is 15.4. The van der Waals surface area contributed by atoms with Gasteiger partial charge in [-0.3, -0.25) is 9.59 Å². The summed E-state index contributed by atoms with van der Waals surface area (Å²) in [7, 11) is 1.40. The Labute approximate surface area is 85.3 Å². The summed E-state index contributed by atoms with van der Waals surface area (Å²) in [6, 6.07) is 0. The molecule has 0 aromatic rings. The van der Waals surface area contributed by atoms with Crippen LogP contribution in [0.4, 0.5) is 0 Å². The van der Waals surface area contributed by atoms with Crippen LogP contribution in [0.25, 0.3) is 0 Å². The van der Waals surface area contributed by atoms with E-state index in [0.717, 1.165) is 12.8 Å². The molecule has 0 heterocycles. The van der Waals surface area contributed by atoms with Crippen LogP contribution < -0.4 is 0 Å². The van der Waals surface area contributed by atoms with Gasteiger partial charge in [-0.25, -0.2) is 0 Å². The maximum Gasteiger partial charge on any atom is 0.306 e. The second-order valence-corrected chi connectivity index (χ2v) is 2.97. The number of carboxylic acids is 1. The molecule has 0 aromatic carbocycles. The largest absolute Gasteiger partial charge is 0.481 e. The summed E-state index contributed by atoms with van der Waals surface area (Å²) < 4.78 is 4.35. The van der Waals surface area contributed by atoms with Crippen LogP contribution in [-0.4, -0.2) is 24.2 Å². The Kier molecular flexibility index (Phi) is 11.0. The zero-order chi connectivity index (χ0) is 11.6. The number of hydrogen-bond acceptors (Lipinski definition) is 3. The molecule has 0 aromatic heterocycles. The highest BCUT2D eigenvalue weighted by Crippen LogP contribution is 1.97. The quantitative estimate of drug-likeness (QED) is 0.712. The minimum absolute atomic E-state index is 0.123. The number of carbonyl (C=O) groups is 2. The zero-order valence-corrected chi connectivity index (χ0v) is 9.37. The number of carboxylic acid groups (broad SMARTS) is 1. The highest BCUT2D eigenvalue weighted by Gasteiger charge is 2.05. The van der Waals surface area contributed by atoms with E-state index in [1.807, 2.05) is 13.8 Å². The smallest absolute Gasteiger partial charge is 0.306 e. The molecule has 0 bridgehead atoms. The molecule has 0 spiro atoms. The van der Waals surface area contributed by atoms with Gasteiger partial charge in [0.1, 0.15) is 0 Å². The Bertz CT molecular complexity index is 164. The molecule has 0 radical (unpaired) electrons. The van der Waals surface area contributed by atoms with Crippen LogP contribution in [0.5, 0.6) is 0 Å². The lowest BCUT2D eigenvalue weighted by Crippen LogP contribution is -2.06. The third kappa shape index (κ3) is 10.9. The van der Waals surface area contributed by atoms with Crippen LogP contribution in [0.1, 0.15) is 40.0 Å². The number of methoxy groups -OCH3 is 1. The van der Waals surface area contributed by atoms with E-state index in [1.54, 1.807) is 6.92 Å². The van der Waals surface area contributed by atoms with Crippen molar-refractivity contribution in [2.45, 2.75) is 40.0 Å². The van der Waals surface area contributed by atoms with Crippen LogP contribution in [0.3, 0.4) is 0 Å². The summed E-state index contributed by atoms with van der Waals surface area (Å²) in [6.45, 7) is 5.50. The number of aliphatic carboxylic acids is 1. The molecule has 0 amide bonds. The summed E-state index contributed by atoms with van der Waals surface area (Å²) in [5.74, 6) is -1.01. The Hall–Kier alpha value is -1.06. The molecule has 84 valence electrons. The minimum Gasteiger partial charge on any atom is -0.481 e. The predicted molar refractivity (Wildman–Crippen MR) is 54.0 cm³/mol. The van der Waals surface area contributed by atoms with Gasteiger partial charge >= 0.3 is 11.9 Å². The van der Waals surface area contributed by atoms with Gasteiger partial charge in [0.05, 0.1) is 13.0 Å². The molecule has 4 nitrogen and oxygen atoms in total. The lowest BCUT2D eigenvalue weighted by molar-refractivity contribution is -0.141. The fraction of sp³-hybridized carbons (Fsp3) is 0.800. The highest BCUT2D eigenvalue weighted by molar-refractivity contribution is 5.69. The Morgan fingerprint density at radius 3 is 1.93 bits per heavy atom. The number of hydrogen-bond donors (Lipinski definition) is 1. The first-order chi connectivity index (χ1) is 6.49. The van der Waals surface area contributed by atoms with Crippen molar-refractivity contribution in [3.63, 3.8) is 0 Å². The van der Waals surface area contributed by atoms with Gasteiger partial charge in [0, 0.05) is 6.42 Å². The van der Waals surface area contributed by atoms with Crippen molar-refractivity contribution in [2.75, 3.05) is 7.11 Å². The molecule has 1 N–H and O–H groups in total. The van der Waals surface area contributed by atoms with E-state index >= 15 is 0 Å². The standard InChI is InChI=1S/2C5H10O2/c1-3-4-5(6)7-2;1-3-4(2)5(6)7/h3-4H2,1-2H3;4H,3H2,1-2H3,(H,6,7). The lowest BCUT2D eigenvalue weighted by Gasteiger charge is -1.96. The van der Waals surface area contributed by atoms with Crippen molar-refractivity contribution < 1.29 is 19.4 Å². The van der Waals surface area contributed by atoms with Crippen LogP contribution in [0.15, 0.2) is 0 Å². The molecule has 0 aliphatic heterocycles. The molecule has 4 heteroatoms. The molecular formula is C10H20O4. The summed E-state index contributed by atoms with van der Waals surface area (Å²) >= 11 is 0. The van der Waals surface area contributed by atoms with Gasteiger partial charge in [0.25, 0.3) is 0 Å². The van der Waals surface area contributed by atoms with E-state index in [4.69, 9.17) is 5.11 Å². The molecule has 1 atom stereocenters. The van der Waals surface area contributed by atoms with Crippen LogP contribution >= 0.6 is 0 Å². The summed E-state index contributed by atoms with van der Waals surface area (Å²) in [6.07, 6.45) is 2.12. The highest BCUT2D eigenvalue weighted by atomic mass is 16.5. The van der Waals surface area contributed by atoms with Crippen molar-refractivity contribution in [3.05, 3.63) is 0 Å². The van der Waals surface area contributed by atoms with Crippen molar-refractivity contribution in [2.24, 2.45) is 5.92 Å². The van der Waals surface area contributed by atoms with Crippen molar-refractivity contribution >= 4 is 11.9 Å². The fourth-order valence-electron chi connectivity index (χ4n) is 0.481. The van der Waals surface area contributed by atoms with E-state index in [-0.39, 0.29) is 11.9 Å². The molecule has 0 aliphatic carbocycles. The van der Waals surface area contributed by atoms with E-state index in [0.29, 0.717) is 6.42 Å². The van der Waals surface area contributed by atoms with Gasteiger partial charge in [-0.15, -0.1) is 0 Å². The van der Waals surface area contributed by atoms with E-state index < -0.39 is 5.97 Å². The summed E-state index contributed by atoms with van der Waals surface area (Å²) in [5, 5.41) is 8.18. The Morgan fingerprint density at radius 1 is 1.36 bits per heavy atom. The average molecular weight is 204 g/mol. The van der Waals surface area contributed by atoms with Gasteiger partial charge in [-0.05, 0) is 12.8 Å². The third-order valence-corrected chi connectivity index (χ3v) is 1.72. The van der Waals surface area contributed by atoms with Crippen molar-refractivity contribution in [1.82, 2.24) is 0 Å². The maximum absolute atomic E-state index is 10.2. The van der Waals surface area contributed by atoms with E-state index in [1.165, 1.54) is 7.11 Å². The van der Waals surface area contributed by atoms with Crippen LogP contribution in [0.2, 0.25) is 0 Å². The molecule has 0 rings (SSSR count). The van der Waals surface area contributed by atoms with Gasteiger partial charge in [0.2, 0.25) is 0 Å². The lowest BCUT2D eigenvalue weighted by atomic mass is 10.1. The van der Waals surface area contributed by atoms with Gasteiger partial charge in [-0.1, -0.05) is 20.8 Å². The molecule has 0 aliphatic rings. The molecule has 0 fully saturated rings. The van der Waals surface area contributed by atoms with Crippen LogP contribution in [-0.2, 0) is 14.3 Å². The molecule has 0 saturated carbocycles. The normalized spacial score (nSPS) is 10.9. The Balaban J connectivity index is 0. The number of rotatable bonds is 4. The SMILES string of the molecule is CCC(C)C(=O)O.CCCC(=O)OC. The number of ether oxygens (including phenoxy) is 1. The number of esters is 1. The second-order valence-electron chi connectivity index (χ2n) is 2.97. The maximum atomic E-state index is 10.2. The van der Waals surface area contributed by atoms with E-state index in [9.17, 15) is 9.59 Å². The molecular weight excluding hydrogens is 184 g/mol. The van der Waals surface area contributed by atoms with Crippen molar-refractivity contribution in [1.29, 1.82) is 0 Å². The summed E-state index contributed by atoms with van der Waals surface area (Å²) in [5.41, 5.74) is 0. The monoisotopic (exact) mass is 204 g/mol. The number of carbonyl (C=O) groups excluding carboxylic acids is 1. The van der Waals surface area contributed by atoms with Crippen molar-refractivity contribution in [3.8, 4) is 0 Å². The molecule has 1 unspecified atom stereocenters. The average Bonchev–Trinajstić information content (AvgIpc) is 2.17. The second kappa shape index (κ2) is 10.0. The summed E-state index contributed by atoms with van der Waals surface area (Å²) in [4.78, 5) is 20.1. The van der Waals surface area contributed by atoms with Gasteiger partial charge in [0.15, 0.2) is 0 Å². The first-order valence-corrected chi connectivity index (χ1v) is 4.79. The topological polar surface area (TPSA) is 63.6 Å². The van der Waals surface area contributed by atoms with Gasteiger partial charge in [-0.2, -0.15) is 0 Å². The van der Waals surface area contributed by atoms with E-state index in [2.05, 4.69) is 4.74 Å². The fourth-order valence-corrected chi connectivity index (χ4v) is 0.481. The minimum atomic E-state index is -0.706.